The molecule has 2 aromatic heterocycles. The van der Waals surface area contributed by atoms with Crippen molar-refractivity contribution in [3.63, 3.8) is 0 Å². The highest BCUT2D eigenvalue weighted by Gasteiger charge is 2.48. The van der Waals surface area contributed by atoms with Gasteiger partial charge < -0.3 is 20.3 Å². The third-order valence-corrected chi connectivity index (χ3v) is 7.55. The molecule has 1 aromatic carbocycles. The number of hydrogen-bond acceptors (Lipinski definition) is 7. The van der Waals surface area contributed by atoms with E-state index >= 15 is 0 Å². The summed E-state index contributed by atoms with van der Waals surface area (Å²) in [6, 6.07) is 11.7. The van der Waals surface area contributed by atoms with Gasteiger partial charge in [0.1, 0.15) is 5.82 Å². The average Bonchev–Trinajstić information content (AvgIpc) is 3.33. The van der Waals surface area contributed by atoms with Crippen LogP contribution in [0, 0.1) is 11.3 Å². The lowest BCUT2D eigenvalue weighted by atomic mass is 9.80. The topological polar surface area (TPSA) is 150 Å². The zero-order chi connectivity index (χ0) is 35.2. The second-order valence-electron chi connectivity index (χ2n) is 11.4. The number of halogens is 6. The number of aromatic nitrogens is 3. The number of hydrogen-bond donors (Lipinski definition) is 3. The van der Waals surface area contributed by atoms with E-state index in [-0.39, 0.29) is 24.0 Å². The first-order valence-corrected chi connectivity index (χ1v) is 14.3. The fourth-order valence-corrected chi connectivity index (χ4v) is 4.76. The summed E-state index contributed by atoms with van der Waals surface area (Å²) in [5.74, 6) is -3.18. The molecule has 0 saturated heterocycles. The quantitative estimate of drug-likeness (QED) is 0.223. The number of alkyl halides is 6. The van der Waals surface area contributed by atoms with Crippen LogP contribution in [-0.2, 0) is 41.3 Å². The summed E-state index contributed by atoms with van der Waals surface area (Å²) in [7, 11) is 1.70. The van der Waals surface area contributed by atoms with E-state index in [1.54, 1.807) is 17.8 Å². The molecule has 254 valence electrons. The zero-order valence-corrected chi connectivity index (χ0v) is 25.7. The number of carboxylic acid groups (broad SMARTS) is 2. The molecular formula is C31H33F6N5O5. The molecule has 1 atom stereocenters. The first kappa shape index (κ1) is 36.7. The van der Waals surface area contributed by atoms with Gasteiger partial charge in [0.2, 0.25) is 5.88 Å². The van der Waals surface area contributed by atoms with Gasteiger partial charge in [-0.2, -0.15) is 36.7 Å². The molecule has 0 bridgehead atoms. The highest BCUT2D eigenvalue weighted by molar-refractivity contribution is 5.73. The van der Waals surface area contributed by atoms with Gasteiger partial charge >= 0.3 is 24.3 Å². The Morgan fingerprint density at radius 1 is 1.09 bits per heavy atom. The van der Waals surface area contributed by atoms with Crippen molar-refractivity contribution in [3.05, 3.63) is 70.0 Å². The number of nitrogens with zero attached hydrogens (tertiary/aromatic N) is 4. The van der Waals surface area contributed by atoms with Crippen LogP contribution in [0.15, 0.2) is 36.4 Å². The third-order valence-electron chi connectivity index (χ3n) is 7.55. The number of benzene rings is 1. The number of aryl methyl sites for hydroxylation is 2. The molecular weight excluding hydrogens is 636 g/mol. The summed E-state index contributed by atoms with van der Waals surface area (Å²) < 4.78 is 80.5. The number of ether oxygens (including phenoxy) is 1. The highest BCUT2D eigenvalue weighted by atomic mass is 19.4. The number of anilines is 1. The summed E-state index contributed by atoms with van der Waals surface area (Å²) in [4.78, 5) is 25.3. The van der Waals surface area contributed by atoms with Crippen molar-refractivity contribution in [1.82, 2.24) is 14.8 Å². The third kappa shape index (κ3) is 9.84. The molecule has 47 heavy (non-hydrogen) atoms. The Hall–Kier alpha value is -4.81. The van der Waals surface area contributed by atoms with E-state index in [1.807, 2.05) is 12.1 Å². The number of rotatable bonds is 10. The van der Waals surface area contributed by atoms with Gasteiger partial charge in [-0.1, -0.05) is 12.1 Å². The van der Waals surface area contributed by atoms with E-state index in [4.69, 9.17) is 14.6 Å². The normalized spacial score (nSPS) is 13.7. The molecule has 4 rings (SSSR count). The Bertz CT molecular complexity index is 1630. The number of carboxylic acids is 2. The van der Waals surface area contributed by atoms with Gasteiger partial charge in [-0.3, -0.25) is 4.79 Å². The first-order chi connectivity index (χ1) is 21.8. The van der Waals surface area contributed by atoms with Crippen LogP contribution in [0.2, 0.25) is 0 Å². The molecule has 3 heterocycles. The smallest absolute Gasteiger partial charge is 0.481 e. The Morgan fingerprint density at radius 3 is 2.36 bits per heavy atom. The molecule has 16 heteroatoms. The maximum Gasteiger partial charge on any atom is 0.490 e. The number of aliphatic carboxylic acids is 2. The summed E-state index contributed by atoms with van der Waals surface area (Å²) >= 11 is 0. The van der Waals surface area contributed by atoms with Gasteiger partial charge in [0.15, 0.2) is 0 Å². The zero-order valence-electron chi connectivity index (χ0n) is 25.7. The van der Waals surface area contributed by atoms with E-state index < -0.39 is 35.6 Å². The summed E-state index contributed by atoms with van der Waals surface area (Å²) in [6.07, 6.45) is -7.17. The van der Waals surface area contributed by atoms with Crippen molar-refractivity contribution in [2.45, 2.75) is 69.6 Å². The lowest BCUT2D eigenvalue weighted by molar-refractivity contribution is -0.192. The van der Waals surface area contributed by atoms with Crippen LogP contribution in [0.4, 0.5) is 32.2 Å². The Kier molecular flexibility index (Phi) is 11.5. The van der Waals surface area contributed by atoms with Crippen molar-refractivity contribution in [1.29, 1.82) is 5.26 Å². The Morgan fingerprint density at radius 2 is 1.77 bits per heavy atom. The molecule has 0 fully saturated rings. The molecule has 1 aliphatic heterocycles. The molecule has 3 N–H and O–H groups in total. The largest absolute Gasteiger partial charge is 0.490 e. The molecule has 0 aliphatic carbocycles. The van der Waals surface area contributed by atoms with E-state index in [1.165, 1.54) is 23.8 Å². The minimum atomic E-state index is -5.08. The van der Waals surface area contributed by atoms with Crippen LogP contribution in [0.3, 0.4) is 0 Å². The number of fused-ring (bicyclic) bond motifs is 1. The van der Waals surface area contributed by atoms with Crippen molar-refractivity contribution < 1.29 is 50.9 Å². The average molecular weight is 670 g/mol. The van der Waals surface area contributed by atoms with Gasteiger partial charge in [0, 0.05) is 31.8 Å². The maximum absolute atomic E-state index is 13.8. The lowest BCUT2D eigenvalue weighted by Crippen LogP contribution is -2.36. The predicted octanol–water partition coefficient (Wildman–Crippen LogP) is 5.94. The number of carbonyl (C=O) groups is 2. The predicted molar refractivity (Wildman–Crippen MR) is 156 cm³/mol. The molecule has 0 radical (unpaired) electrons. The van der Waals surface area contributed by atoms with Gasteiger partial charge in [-0.15, -0.1) is 0 Å². The molecule has 3 aromatic rings. The minimum absolute atomic E-state index is 0.0382. The van der Waals surface area contributed by atoms with E-state index in [0.717, 1.165) is 44.7 Å². The van der Waals surface area contributed by atoms with E-state index in [9.17, 15) is 41.5 Å². The standard InChI is InChI=1S/C29H32F3N5O3.C2HF3O2/c1-28(2,29(30,31)32)22-12-18(17-33)11-20(13-22)21(15-26(38)39)14-24-16-25(37(3)36-24)40-10-8-23-7-6-19-5-4-9-34-27(19)35-23;3-2(4,5)1(6)7/h6-7,11-13,16,21H,4-5,8-10,14-15H2,1-3H3,(H,34,35)(H,38,39);(H,6,7). The van der Waals surface area contributed by atoms with Gasteiger partial charge in [0.05, 0.1) is 35.8 Å². The summed E-state index contributed by atoms with van der Waals surface area (Å²) in [5.41, 5.74) is 0.686. The molecule has 0 spiro atoms. The summed E-state index contributed by atoms with van der Waals surface area (Å²) in [6.45, 7) is 3.34. The Labute approximate surface area is 266 Å². The van der Waals surface area contributed by atoms with Crippen molar-refractivity contribution in [3.8, 4) is 11.9 Å². The molecule has 1 aliphatic rings. The highest BCUT2D eigenvalue weighted by Crippen LogP contribution is 2.42. The van der Waals surface area contributed by atoms with Crippen LogP contribution in [0.1, 0.15) is 66.2 Å². The number of nitriles is 1. The summed E-state index contributed by atoms with van der Waals surface area (Å²) in [5, 5.41) is 33.9. The SMILES string of the molecule is Cn1nc(CC(CC(=O)O)c2cc(C#N)cc(C(C)(C)C(F)(F)F)c2)cc1OCCc1ccc2c(n1)NCCC2.O=C(O)C(F)(F)F. The van der Waals surface area contributed by atoms with Gasteiger partial charge in [-0.05, 0) is 73.9 Å². The second kappa shape index (κ2) is 14.7. The van der Waals surface area contributed by atoms with Crippen LogP contribution in [0.25, 0.3) is 0 Å². The van der Waals surface area contributed by atoms with Crippen molar-refractivity contribution in [2.24, 2.45) is 7.05 Å². The number of pyridine rings is 1. The maximum atomic E-state index is 13.8. The van der Waals surface area contributed by atoms with Crippen molar-refractivity contribution in [2.75, 3.05) is 18.5 Å². The van der Waals surface area contributed by atoms with Crippen LogP contribution in [-0.4, -0.2) is 62.4 Å². The van der Waals surface area contributed by atoms with Crippen LogP contribution in [0.5, 0.6) is 5.88 Å². The second-order valence-corrected chi connectivity index (χ2v) is 11.4. The van der Waals surface area contributed by atoms with Crippen molar-refractivity contribution >= 4 is 17.8 Å². The van der Waals surface area contributed by atoms with Gasteiger partial charge in [-0.25, -0.2) is 14.5 Å². The number of nitrogens with one attached hydrogen (secondary N) is 1. The van der Waals surface area contributed by atoms with Crippen LogP contribution >= 0.6 is 0 Å². The molecule has 0 amide bonds. The fraction of sp³-hybridized carbons (Fsp3) is 0.452. The molecule has 10 nitrogen and oxygen atoms in total. The first-order valence-electron chi connectivity index (χ1n) is 14.3. The molecule has 0 saturated carbocycles. The van der Waals surface area contributed by atoms with Gasteiger partial charge in [0.25, 0.3) is 0 Å². The lowest BCUT2D eigenvalue weighted by Gasteiger charge is -2.29. The van der Waals surface area contributed by atoms with Crippen LogP contribution < -0.4 is 10.1 Å². The van der Waals surface area contributed by atoms with E-state index in [0.29, 0.717) is 30.2 Å². The minimum Gasteiger partial charge on any atom is -0.481 e. The fourth-order valence-electron chi connectivity index (χ4n) is 4.76. The monoisotopic (exact) mass is 669 g/mol. The Balaban J connectivity index is 0.000000771. The van der Waals surface area contributed by atoms with E-state index in [2.05, 4.69) is 21.5 Å². The molecule has 1 unspecified atom stereocenters.